The summed E-state index contributed by atoms with van der Waals surface area (Å²) in [5, 5.41) is 14.8. The summed E-state index contributed by atoms with van der Waals surface area (Å²) in [5.74, 6) is -1.86. The maximum Gasteiger partial charge on any atom is 0.357 e. The van der Waals surface area contributed by atoms with Gasteiger partial charge in [0.15, 0.2) is 12.0 Å². The van der Waals surface area contributed by atoms with E-state index in [9.17, 15) is 14.0 Å². The molecule has 1 aromatic carbocycles. The highest BCUT2D eigenvalue weighted by Gasteiger charge is 2.21. The van der Waals surface area contributed by atoms with Gasteiger partial charge in [0.1, 0.15) is 5.82 Å². The third kappa shape index (κ3) is 2.24. The number of aromatic nitrogens is 2. The van der Waals surface area contributed by atoms with E-state index in [0.717, 1.165) is 5.56 Å². The number of aldehydes is 1. The van der Waals surface area contributed by atoms with Gasteiger partial charge in [-0.3, -0.25) is 9.89 Å². The summed E-state index contributed by atoms with van der Waals surface area (Å²) in [4.78, 5) is 21.9. The molecule has 0 aliphatic carbocycles. The first-order chi connectivity index (χ1) is 9.08. The second kappa shape index (κ2) is 5.01. The fraction of sp³-hybridized carbons (Fsp3) is 0.154. The van der Waals surface area contributed by atoms with Crippen LogP contribution in [-0.2, 0) is 6.42 Å². The van der Waals surface area contributed by atoms with Crippen LogP contribution in [0.4, 0.5) is 4.39 Å². The van der Waals surface area contributed by atoms with Gasteiger partial charge in [-0.2, -0.15) is 5.10 Å². The maximum atomic E-state index is 13.9. The van der Waals surface area contributed by atoms with Crippen LogP contribution in [0.1, 0.15) is 33.3 Å². The van der Waals surface area contributed by atoms with E-state index in [-0.39, 0.29) is 16.8 Å². The van der Waals surface area contributed by atoms with Gasteiger partial charge in [-0.05, 0) is 24.1 Å². The van der Waals surface area contributed by atoms with Crippen molar-refractivity contribution in [3.63, 3.8) is 0 Å². The first-order valence-electron chi connectivity index (χ1n) is 5.64. The molecule has 0 spiro atoms. The predicted molar refractivity (Wildman–Crippen MR) is 65.7 cm³/mol. The van der Waals surface area contributed by atoms with Crippen molar-refractivity contribution in [2.45, 2.75) is 13.3 Å². The van der Waals surface area contributed by atoms with Crippen molar-refractivity contribution >= 4 is 12.3 Å². The lowest BCUT2D eigenvalue weighted by molar-refractivity contribution is 0.0687. The molecule has 5 nitrogen and oxygen atoms in total. The molecular formula is C13H11FN2O3. The number of hydrogen-bond donors (Lipinski definition) is 2. The SMILES string of the molecule is CCc1ccc(-c2[nH]nc(C(=O)O)c2C=O)c(F)c1. The van der Waals surface area contributed by atoms with Crippen LogP contribution in [0, 0.1) is 5.82 Å². The summed E-state index contributed by atoms with van der Waals surface area (Å²) < 4.78 is 13.9. The van der Waals surface area contributed by atoms with E-state index in [1.54, 1.807) is 6.07 Å². The van der Waals surface area contributed by atoms with Crippen LogP contribution in [0.2, 0.25) is 0 Å². The number of nitrogens with zero attached hydrogens (tertiary/aromatic N) is 1. The summed E-state index contributed by atoms with van der Waals surface area (Å²) in [6.07, 6.45) is 1.04. The Labute approximate surface area is 108 Å². The van der Waals surface area contributed by atoms with E-state index in [4.69, 9.17) is 5.11 Å². The minimum atomic E-state index is -1.34. The van der Waals surface area contributed by atoms with Crippen LogP contribution in [0.25, 0.3) is 11.3 Å². The quantitative estimate of drug-likeness (QED) is 0.828. The smallest absolute Gasteiger partial charge is 0.357 e. The Morgan fingerprint density at radius 2 is 2.26 bits per heavy atom. The Morgan fingerprint density at radius 3 is 2.79 bits per heavy atom. The van der Waals surface area contributed by atoms with Gasteiger partial charge in [-0.15, -0.1) is 0 Å². The highest BCUT2D eigenvalue weighted by atomic mass is 19.1. The normalized spacial score (nSPS) is 10.4. The number of nitrogens with one attached hydrogen (secondary N) is 1. The minimum absolute atomic E-state index is 0.0764. The van der Waals surface area contributed by atoms with Crippen LogP contribution in [0.5, 0.6) is 0 Å². The van der Waals surface area contributed by atoms with Crippen LogP contribution in [-0.4, -0.2) is 27.6 Å². The number of aromatic carboxylic acids is 1. The van der Waals surface area contributed by atoms with Crippen molar-refractivity contribution in [2.75, 3.05) is 0 Å². The molecule has 0 atom stereocenters. The number of carbonyl (C=O) groups excluding carboxylic acids is 1. The van der Waals surface area contributed by atoms with Crippen molar-refractivity contribution in [1.82, 2.24) is 10.2 Å². The van der Waals surface area contributed by atoms with Crippen molar-refractivity contribution in [2.24, 2.45) is 0 Å². The van der Waals surface area contributed by atoms with Gasteiger partial charge in [0.2, 0.25) is 0 Å². The molecule has 0 bridgehead atoms. The molecular weight excluding hydrogens is 251 g/mol. The van der Waals surface area contributed by atoms with E-state index in [1.807, 2.05) is 6.92 Å². The average molecular weight is 262 g/mol. The lowest BCUT2D eigenvalue weighted by Crippen LogP contribution is -2.01. The van der Waals surface area contributed by atoms with Gasteiger partial charge in [-0.1, -0.05) is 13.0 Å². The van der Waals surface area contributed by atoms with E-state index in [0.29, 0.717) is 12.7 Å². The molecule has 6 heteroatoms. The Morgan fingerprint density at radius 1 is 1.53 bits per heavy atom. The van der Waals surface area contributed by atoms with Gasteiger partial charge in [0.05, 0.1) is 11.3 Å². The number of H-pyrrole nitrogens is 1. The highest BCUT2D eigenvalue weighted by Crippen LogP contribution is 2.26. The molecule has 0 fully saturated rings. The molecule has 2 N–H and O–H groups in total. The van der Waals surface area contributed by atoms with Gasteiger partial charge in [0, 0.05) is 5.56 Å². The topological polar surface area (TPSA) is 83.1 Å². The summed E-state index contributed by atoms with van der Waals surface area (Å²) in [5.41, 5.74) is 0.443. The number of halogens is 1. The number of hydrogen-bond acceptors (Lipinski definition) is 3. The number of carboxylic acid groups (broad SMARTS) is 1. The molecule has 1 heterocycles. The Bertz CT molecular complexity index is 649. The molecule has 1 aromatic heterocycles. The lowest BCUT2D eigenvalue weighted by Gasteiger charge is -2.03. The molecule has 0 unspecified atom stereocenters. The van der Waals surface area contributed by atoms with Crippen molar-refractivity contribution in [3.05, 3.63) is 40.8 Å². The third-order valence-corrected chi connectivity index (χ3v) is 2.84. The van der Waals surface area contributed by atoms with Gasteiger partial charge in [0.25, 0.3) is 0 Å². The molecule has 0 saturated heterocycles. The molecule has 98 valence electrons. The standard InChI is InChI=1S/C13H11FN2O3/c1-2-7-3-4-8(10(14)5-7)11-9(6-17)12(13(18)19)16-15-11/h3-6H,2H2,1H3,(H,15,16)(H,18,19). The van der Waals surface area contributed by atoms with Gasteiger partial charge in [-0.25, -0.2) is 9.18 Å². The zero-order valence-electron chi connectivity index (χ0n) is 10.1. The third-order valence-electron chi connectivity index (χ3n) is 2.84. The summed E-state index contributed by atoms with van der Waals surface area (Å²) >= 11 is 0. The Kier molecular flexibility index (Phi) is 3.41. The van der Waals surface area contributed by atoms with Gasteiger partial charge < -0.3 is 5.11 Å². The van der Waals surface area contributed by atoms with Gasteiger partial charge >= 0.3 is 5.97 Å². The zero-order valence-corrected chi connectivity index (χ0v) is 10.1. The Balaban J connectivity index is 2.59. The van der Waals surface area contributed by atoms with Crippen LogP contribution < -0.4 is 0 Å². The van der Waals surface area contributed by atoms with Crippen molar-refractivity contribution < 1.29 is 19.1 Å². The van der Waals surface area contributed by atoms with Crippen molar-refractivity contribution in [3.8, 4) is 11.3 Å². The first-order valence-corrected chi connectivity index (χ1v) is 5.64. The number of aromatic amines is 1. The molecule has 0 aliphatic heterocycles. The minimum Gasteiger partial charge on any atom is -0.476 e. The fourth-order valence-corrected chi connectivity index (χ4v) is 1.82. The van der Waals surface area contributed by atoms with E-state index >= 15 is 0 Å². The van der Waals surface area contributed by atoms with Crippen LogP contribution in [0.15, 0.2) is 18.2 Å². The summed E-state index contributed by atoms with van der Waals surface area (Å²) in [6, 6.07) is 4.57. The first kappa shape index (κ1) is 12.9. The molecule has 19 heavy (non-hydrogen) atoms. The largest absolute Gasteiger partial charge is 0.476 e. The number of benzene rings is 1. The van der Waals surface area contributed by atoms with Crippen LogP contribution >= 0.6 is 0 Å². The number of rotatable bonds is 4. The maximum absolute atomic E-state index is 13.9. The molecule has 0 saturated carbocycles. The molecule has 2 aromatic rings. The summed E-state index contributed by atoms with van der Waals surface area (Å²) in [7, 11) is 0. The van der Waals surface area contributed by atoms with Crippen LogP contribution in [0.3, 0.4) is 0 Å². The molecule has 0 aliphatic rings. The Hall–Kier alpha value is -2.50. The fourth-order valence-electron chi connectivity index (χ4n) is 1.82. The average Bonchev–Trinajstić information content (AvgIpc) is 2.82. The highest BCUT2D eigenvalue weighted by molar-refractivity contribution is 5.99. The van der Waals surface area contributed by atoms with E-state index in [1.165, 1.54) is 12.1 Å². The van der Waals surface area contributed by atoms with E-state index < -0.39 is 17.5 Å². The number of aryl methyl sites for hydroxylation is 1. The van der Waals surface area contributed by atoms with E-state index in [2.05, 4.69) is 10.2 Å². The lowest BCUT2D eigenvalue weighted by atomic mass is 10.0. The monoisotopic (exact) mass is 262 g/mol. The predicted octanol–water partition coefficient (Wildman–Crippen LogP) is 2.29. The molecule has 0 amide bonds. The second-order valence-electron chi connectivity index (χ2n) is 3.95. The zero-order chi connectivity index (χ0) is 14.0. The number of carbonyl (C=O) groups is 2. The molecule has 2 rings (SSSR count). The molecule has 0 radical (unpaired) electrons. The summed E-state index contributed by atoms with van der Waals surface area (Å²) in [6.45, 7) is 1.89. The second-order valence-corrected chi connectivity index (χ2v) is 3.95. The van der Waals surface area contributed by atoms with Crippen molar-refractivity contribution in [1.29, 1.82) is 0 Å². The number of carboxylic acids is 1.